The number of nitrogens with one attached hydrogen (secondary N) is 1. The molecule has 2 rings (SSSR count). The van der Waals surface area contributed by atoms with Crippen LogP contribution in [0.2, 0.25) is 0 Å². The molecule has 0 atom stereocenters. The standard InChI is InChI=1S/C16H25NO/c1-13-10-14(6-7-15(13)18-3)11-17-12-16(2)8-4-5-9-16/h6-7,10,17H,4-5,8-9,11-12H2,1-3H3. The Morgan fingerprint density at radius 2 is 2.00 bits per heavy atom. The second-order valence-corrected chi connectivity index (χ2v) is 5.93. The van der Waals surface area contributed by atoms with E-state index in [0.717, 1.165) is 18.8 Å². The van der Waals surface area contributed by atoms with E-state index in [1.807, 2.05) is 0 Å². The predicted molar refractivity (Wildman–Crippen MR) is 76.0 cm³/mol. The summed E-state index contributed by atoms with van der Waals surface area (Å²) >= 11 is 0. The van der Waals surface area contributed by atoms with Gasteiger partial charge in [0, 0.05) is 13.1 Å². The first kappa shape index (κ1) is 13.4. The number of hydrogen-bond acceptors (Lipinski definition) is 2. The van der Waals surface area contributed by atoms with E-state index in [4.69, 9.17) is 4.74 Å². The molecule has 0 heterocycles. The van der Waals surface area contributed by atoms with Crippen LogP contribution in [0.15, 0.2) is 18.2 Å². The molecule has 1 N–H and O–H groups in total. The quantitative estimate of drug-likeness (QED) is 0.857. The average molecular weight is 247 g/mol. The molecule has 1 aliphatic rings. The minimum Gasteiger partial charge on any atom is -0.496 e. The van der Waals surface area contributed by atoms with Gasteiger partial charge in [-0.15, -0.1) is 0 Å². The topological polar surface area (TPSA) is 21.3 Å². The van der Waals surface area contributed by atoms with Crippen molar-refractivity contribution in [1.29, 1.82) is 0 Å². The van der Waals surface area contributed by atoms with Crippen molar-refractivity contribution in [2.75, 3.05) is 13.7 Å². The average Bonchev–Trinajstić information content (AvgIpc) is 2.77. The molecular weight excluding hydrogens is 222 g/mol. The molecule has 2 heteroatoms. The monoisotopic (exact) mass is 247 g/mol. The molecule has 0 radical (unpaired) electrons. The Hall–Kier alpha value is -1.02. The summed E-state index contributed by atoms with van der Waals surface area (Å²) in [6, 6.07) is 6.42. The van der Waals surface area contributed by atoms with Gasteiger partial charge in [-0.05, 0) is 42.4 Å². The van der Waals surface area contributed by atoms with Crippen LogP contribution in [0.4, 0.5) is 0 Å². The van der Waals surface area contributed by atoms with E-state index >= 15 is 0 Å². The highest BCUT2D eigenvalue weighted by Crippen LogP contribution is 2.36. The molecule has 100 valence electrons. The lowest BCUT2D eigenvalue weighted by Crippen LogP contribution is -2.29. The lowest BCUT2D eigenvalue weighted by Gasteiger charge is -2.23. The van der Waals surface area contributed by atoms with E-state index < -0.39 is 0 Å². The first-order chi connectivity index (χ1) is 8.63. The number of aryl methyl sites for hydroxylation is 1. The van der Waals surface area contributed by atoms with Crippen LogP contribution in [0.25, 0.3) is 0 Å². The molecule has 1 aliphatic carbocycles. The molecule has 0 spiro atoms. The zero-order chi connectivity index (χ0) is 13.0. The van der Waals surface area contributed by atoms with Crippen LogP contribution in [-0.4, -0.2) is 13.7 Å². The first-order valence-electron chi connectivity index (χ1n) is 6.97. The molecule has 0 saturated heterocycles. The van der Waals surface area contributed by atoms with Crippen LogP contribution < -0.4 is 10.1 Å². The third kappa shape index (κ3) is 3.26. The predicted octanol–water partition coefficient (Wildman–Crippen LogP) is 3.67. The second kappa shape index (κ2) is 5.75. The number of ether oxygens (including phenoxy) is 1. The van der Waals surface area contributed by atoms with Gasteiger partial charge in [-0.25, -0.2) is 0 Å². The van der Waals surface area contributed by atoms with Gasteiger partial charge in [-0.2, -0.15) is 0 Å². The van der Waals surface area contributed by atoms with Crippen molar-refractivity contribution in [3.63, 3.8) is 0 Å². The van der Waals surface area contributed by atoms with Crippen molar-refractivity contribution in [3.8, 4) is 5.75 Å². The van der Waals surface area contributed by atoms with Crippen molar-refractivity contribution >= 4 is 0 Å². The van der Waals surface area contributed by atoms with Crippen molar-refractivity contribution < 1.29 is 4.74 Å². The van der Waals surface area contributed by atoms with Crippen LogP contribution in [0.1, 0.15) is 43.7 Å². The van der Waals surface area contributed by atoms with Gasteiger partial charge in [-0.1, -0.05) is 31.9 Å². The Labute approximate surface area is 111 Å². The van der Waals surface area contributed by atoms with Crippen LogP contribution >= 0.6 is 0 Å². The van der Waals surface area contributed by atoms with Gasteiger partial charge in [0.25, 0.3) is 0 Å². The molecule has 0 bridgehead atoms. The van der Waals surface area contributed by atoms with E-state index in [9.17, 15) is 0 Å². The molecule has 0 aromatic heterocycles. The van der Waals surface area contributed by atoms with Gasteiger partial charge < -0.3 is 10.1 Å². The lowest BCUT2D eigenvalue weighted by molar-refractivity contribution is 0.314. The Bertz CT molecular complexity index is 394. The molecule has 1 aromatic rings. The Morgan fingerprint density at radius 1 is 1.28 bits per heavy atom. The maximum Gasteiger partial charge on any atom is 0.121 e. The largest absolute Gasteiger partial charge is 0.496 e. The van der Waals surface area contributed by atoms with Crippen molar-refractivity contribution in [3.05, 3.63) is 29.3 Å². The summed E-state index contributed by atoms with van der Waals surface area (Å²) in [5.41, 5.74) is 3.08. The fourth-order valence-corrected chi connectivity index (χ4v) is 2.96. The summed E-state index contributed by atoms with van der Waals surface area (Å²) < 4.78 is 5.28. The highest BCUT2D eigenvalue weighted by molar-refractivity contribution is 5.36. The number of hydrogen-bond donors (Lipinski definition) is 1. The fraction of sp³-hybridized carbons (Fsp3) is 0.625. The van der Waals surface area contributed by atoms with Gasteiger partial charge in [0.15, 0.2) is 0 Å². The minimum absolute atomic E-state index is 0.529. The SMILES string of the molecule is COc1ccc(CNCC2(C)CCCC2)cc1C. The third-order valence-corrected chi connectivity index (χ3v) is 4.15. The van der Waals surface area contributed by atoms with Crippen LogP contribution in [0.5, 0.6) is 5.75 Å². The first-order valence-corrected chi connectivity index (χ1v) is 6.97. The van der Waals surface area contributed by atoms with Crippen LogP contribution in [0, 0.1) is 12.3 Å². The molecule has 2 nitrogen and oxygen atoms in total. The van der Waals surface area contributed by atoms with Gasteiger partial charge in [-0.3, -0.25) is 0 Å². The van der Waals surface area contributed by atoms with E-state index in [1.54, 1.807) is 7.11 Å². The zero-order valence-corrected chi connectivity index (χ0v) is 11.9. The summed E-state index contributed by atoms with van der Waals surface area (Å²) in [4.78, 5) is 0. The normalized spacial score (nSPS) is 17.9. The minimum atomic E-state index is 0.529. The van der Waals surface area contributed by atoms with Gasteiger partial charge in [0.05, 0.1) is 7.11 Å². The smallest absolute Gasteiger partial charge is 0.121 e. The van der Waals surface area contributed by atoms with Crippen molar-refractivity contribution in [2.24, 2.45) is 5.41 Å². The molecule has 0 amide bonds. The van der Waals surface area contributed by atoms with Crippen molar-refractivity contribution in [1.82, 2.24) is 5.32 Å². The highest BCUT2D eigenvalue weighted by Gasteiger charge is 2.27. The number of benzene rings is 1. The maximum atomic E-state index is 5.28. The van der Waals surface area contributed by atoms with Crippen molar-refractivity contribution in [2.45, 2.75) is 46.1 Å². The van der Waals surface area contributed by atoms with Gasteiger partial charge >= 0.3 is 0 Å². The summed E-state index contributed by atoms with van der Waals surface area (Å²) in [5.74, 6) is 0.974. The number of rotatable bonds is 5. The van der Waals surface area contributed by atoms with Crippen LogP contribution in [-0.2, 0) is 6.54 Å². The molecule has 1 fully saturated rings. The molecular formula is C16H25NO. The van der Waals surface area contributed by atoms with Gasteiger partial charge in [0.2, 0.25) is 0 Å². The van der Waals surface area contributed by atoms with Crippen LogP contribution in [0.3, 0.4) is 0 Å². The Kier molecular flexibility index (Phi) is 4.28. The fourth-order valence-electron chi connectivity index (χ4n) is 2.96. The van der Waals surface area contributed by atoms with Gasteiger partial charge in [0.1, 0.15) is 5.75 Å². The Morgan fingerprint density at radius 3 is 2.61 bits per heavy atom. The highest BCUT2D eigenvalue weighted by atomic mass is 16.5. The van der Waals surface area contributed by atoms with E-state index in [0.29, 0.717) is 5.41 Å². The molecule has 0 aliphatic heterocycles. The van der Waals surface area contributed by atoms with E-state index in [2.05, 4.69) is 37.4 Å². The molecule has 1 saturated carbocycles. The second-order valence-electron chi connectivity index (χ2n) is 5.93. The summed E-state index contributed by atoms with van der Waals surface area (Å²) in [7, 11) is 1.72. The number of methoxy groups -OCH3 is 1. The lowest BCUT2D eigenvalue weighted by atomic mass is 9.89. The summed E-state index contributed by atoms with van der Waals surface area (Å²) in [6.07, 6.45) is 5.56. The molecule has 1 aromatic carbocycles. The van der Waals surface area contributed by atoms with E-state index in [-0.39, 0.29) is 0 Å². The zero-order valence-electron chi connectivity index (χ0n) is 11.9. The molecule has 18 heavy (non-hydrogen) atoms. The Balaban J connectivity index is 1.85. The summed E-state index contributed by atoms with van der Waals surface area (Å²) in [6.45, 7) is 6.60. The molecule has 0 unspecified atom stereocenters. The maximum absolute atomic E-state index is 5.28. The van der Waals surface area contributed by atoms with E-state index in [1.165, 1.54) is 36.8 Å². The third-order valence-electron chi connectivity index (χ3n) is 4.15. The summed E-state index contributed by atoms with van der Waals surface area (Å²) in [5, 5.41) is 3.61.